The van der Waals surface area contributed by atoms with Gasteiger partial charge in [0.15, 0.2) is 5.76 Å². The molecule has 3 rings (SSSR count). The summed E-state index contributed by atoms with van der Waals surface area (Å²) in [5.41, 5.74) is 1.70. The summed E-state index contributed by atoms with van der Waals surface area (Å²) >= 11 is 0. The van der Waals surface area contributed by atoms with Crippen LogP contribution in [-0.4, -0.2) is 47.1 Å². The molecule has 0 fully saturated rings. The number of hydrogen-bond donors (Lipinski definition) is 0. The molecule has 0 saturated carbocycles. The molecule has 0 bridgehead atoms. The second kappa shape index (κ2) is 7.02. The third kappa shape index (κ3) is 3.92. The van der Waals surface area contributed by atoms with Gasteiger partial charge in [0.2, 0.25) is 5.89 Å². The summed E-state index contributed by atoms with van der Waals surface area (Å²) in [6, 6.07) is 7.77. The molecule has 0 aliphatic carbocycles. The highest BCUT2D eigenvalue weighted by Gasteiger charge is 2.09. The van der Waals surface area contributed by atoms with E-state index in [2.05, 4.69) is 19.9 Å². The molecule has 0 N–H and O–H groups in total. The zero-order valence-corrected chi connectivity index (χ0v) is 13.1. The molecular weight excluding hydrogens is 292 g/mol. The van der Waals surface area contributed by atoms with Gasteiger partial charge in [-0.25, -0.2) is 15.0 Å². The van der Waals surface area contributed by atoms with Gasteiger partial charge in [0.25, 0.3) is 0 Å². The first-order valence-electron chi connectivity index (χ1n) is 7.31. The van der Waals surface area contributed by atoms with Crippen molar-refractivity contribution in [1.82, 2.24) is 19.9 Å². The molecule has 0 aliphatic rings. The molecule has 0 atom stereocenters. The Balaban J connectivity index is 1.69. The fraction of sp³-hybridized carbons (Fsp3) is 0.235. The molecule has 6 nitrogen and oxygen atoms in total. The number of aromatic nitrogens is 3. The van der Waals surface area contributed by atoms with Crippen LogP contribution >= 0.6 is 0 Å². The Hall–Kier alpha value is -2.73. The van der Waals surface area contributed by atoms with E-state index >= 15 is 0 Å². The first-order chi connectivity index (χ1) is 11.2. The second-order valence-corrected chi connectivity index (χ2v) is 5.33. The molecule has 6 heteroatoms. The number of likely N-dealkylation sites (N-methyl/N-ethyl adjacent to an activating group) is 1. The summed E-state index contributed by atoms with van der Waals surface area (Å²) in [6.45, 7) is 1.54. The van der Waals surface area contributed by atoms with Crippen molar-refractivity contribution in [2.24, 2.45) is 0 Å². The van der Waals surface area contributed by atoms with Crippen molar-refractivity contribution < 1.29 is 9.15 Å². The molecule has 0 aliphatic heterocycles. The molecule has 118 valence electrons. The molecule has 0 radical (unpaired) electrons. The van der Waals surface area contributed by atoms with E-state index < -0.39 is 0 Å². The van der Waals surface area contributed by atoms with E-state index in [4.69, 9.17) is 9.15 Å². The zero-order valence-electron chi connectivity index (χ0n) is 13.1. The van der Waals surface area contributed by atoms with Crippen molar-refractivity contribution >= 4 is 0 Å². The van der Waals surface area contributed by atoms with Crippen molar-refractivity contribution in [1.29, 1.82) is 0 Å². The van der Waals surface area contributed by atoms with Crippen LogP contribution in [0, 0.1) is 0 Å². The Morgan fingerprint density at radius 3 is 2.43 bits per heavy atom. The minimum atomic E-state index is 0.506. The number of oxazole rings is 1. The van der Waals surface area contributed by atoms with Crippen molar-refractivity contribution in [3.63, 3.8) is 0 Å². The largest absolute Gasteiger partial charge is 0.492 e. The average Bonchev–Trinajstić information content (AvgIpc) is 3.06. The Morgan fingerprint density at radius 1 is 1.00 bits per heavy atom. The summed E-state index contributed by atoms with van der Waals surface area (Å²) in [7, 11) is 4.04. The summed E-state index contributed by atoms with van der Waals surface area (Å²) in [5.74, 6) is 2.04. The molecule has 23 heavy (non-hydrogen) atoms. The van der Waals surface area contributed by atoms with Crippen LogP contribution in [0.15, 0.2) is 53.6 Å². The fourth-order valence-corrected chi connectivity index (χ4v) is 2.01. The number of benzene rings is 1. The van der Waals surface area contributed by atoms with E-state index in [1.165, 1.54) is 6.33 Å². The van der Waals surface area contributed by atoms with Crippen LogP contribution in [0.2, 0.25) is 0 Å². The molecule has 2 heterocycles. The Kier molecular flexibility index (Phi) is 4.63. The summed E-state index contributed by atoms with van der Waals surface area (Å²) in [6.07, 6.45) is 6.52. The van der Waals surface area contributed by atoms with Crippen molar-refractivity contribution in [2.75, 3.05) is 27.2 Å². The Bertz CT molecular complexity index is 739. The van der Waals surface area contributed by atoms with Gasteiger partial charge >= 0.3 is 0 Å². The summed E-state index contributed by atoms with van der Waals surface area (Å²) in [5, 5.41) is 0. The summed E-state index contributed by atoms with van der Waals surface area (Å²) < 4.78 is 11.4. The molecule has 0 spiro atoms. The zero-order chi connectivity index (χ0) is 16.1. The molecule has 0 amide bonds. The monoisotopic (exact) mass is 310 g/mol. The van der Waals surface area contributed by atoms with Crippen LogP contribution in [0.1, 0.15) is 0 Å². The van der Waals surface area contributed by atoms with E-state index in [0.29, 0.717) is 18.3 Å². The van der Waals surface area contributed by atoms with Gasteiger partial charge in [0, 0.05) is 24.5 Å². The lowest BCUT2D eigenvalue weighted by Crippen LogP contribution is -2.19. The van der Waals surface area contributed by atoms with Gasteiger partial charge in [0.1, 0.15) is 18.7 Å². The van der Waals surface area contributed by atoms with E-state index in [9.17, 15) is 0 Å². The molecule has 3 aromatic rings. The third-order valence-corrected chi connectivity index (χ3v) is 3.26. The quantitative estimate of drug-likeness (QED) is 0.697. The van der Waals surface area contributed by atoms with Crippen LogP contribution in [0.25, 0.3) is 22.8 Å². The number of nitrogens with zero attached hydrogens (tertiary/aromatic N) is 4. The Labute approximate surface area is 134 Å². The van der Waals surface area contributed by atoms with E-state index in [1.54, 1.807) is 18.6 Å². The lowest BCUT2D eigenvalue weighted by atomic mass is 10.2. The van der Waals surface area contributed by atoms with Crippen LogP contribution in [-0.2, 0) is 0 Å². The lowest BCUT2D eigenvalue weighted by molar-refractivity contribution is 0.261. The number of ether oxygens (including phenoxy) is 1. The molecule has 0 saturated heterocycles. The van der Waals surface area contributed by atoms with Crippen LogP contribution in [0.4, 0.5) is 0 Å². The van der Waals surface area contributed by atoms with Crippen LogP contribution in [0.5, 0.6) is 5.75 Å². The molecule has 1 aromatic carbocycles. The van der Waals surface area contributed by atoms with E-state index in [0.717, 1.165) is 23.4 Å². The fourth-order valence-electron chi connectivity index (χ4n) is 2.01. The maximum atomic E-state index is 5.77. The maximum absolute atomic E-state index is 5.77. The average molecular weight is 310 g/mol. The minimum Gasteiger partial charge on any atom is -0.492 e. The van der Waals surface area contributed by atoms with Gasteiger partial charge in [-0.05, 0) is 38.4 Å². The van der Waals surface area contributed by atoms with Gasteiger partial charge in [0.05, 0.1) is 11.8 Å². The second-order valence-electron chi connectivity index (χ2n) is 5.33. The van der Waals surface area contributed by atoms with Gasteiger partial charge < -0.3 is 14.1 Å². The molecule has 0 unspecified atom stereocenters. The lowest BCUT2D eigenvalue weighted by Gasteiger charge is -2.11. The highest BCUT2D eigenvalue weighted by molar-refractivity contribution is 5.60. The molecular formula is C17H18N4O2. The van der Waals surface area contributed by atoms with Gasteiger partial charge in [-0.15, -0.1) is 0 Å². The van der Waals surface area contributed by atoms with Gasteiger partial charge in [-0.2, -0.15) is 0 Å². The van der Waals surface area contributed by atoms with Crippen molar-refractivity contribution in [2.45, 2.75) is 0 Å². The van der Waals surface area contributed by atoms with E-state index in [1.807, 2.05) is 38.4 Å². The maximum Gasteiger partial charge on any atom is 0.229 e. The Morgan fingerprint density at radius 2 is 1.74 bits per heavy atom. The number of hydrogen-bond acceptors (Lipinski definition) is 6. The van der Waals surface area contributed by atoms with E-state index in [-0.39, 0.29) is 0 Å². The van der Waals surface area contributed by atoms with Gasteiger partial charge in [-0.1, -0.05) is 0 Å². The predicted molar refractivity (Wildman–Crippen MR) is 87.0 cm³/mol. The van der Waals surface area contributed by atoms with Crippen LogP contribution in [0.3, 0.4) is 0 Å². The third-order valence-electron chi connectivity index (χ3n) is 3.26. The topological polar surface area (TPSA) is 64.3 Å². The predicted octanol–water partition coefficient (Wildman–Crippen LogP) is 2.74. The number of rotatable bonds is 6. The first-order valence-corrected chi connectivity index (χ1v) is 7.31. The first kappa shape index (κ1) is 15.2. The van der Waals surface area contributed by atoms with Crippen molar-refractivity contribution in [3.05, 3.63) is 49.2 Å². The van der Waals surface area contributed by atoms with Crippen molar-refractivity contribution in [3.8, 4) is 28.5 Å². The minimum absolute atomic E-state index is 0.506. The van der Waals surface area contributed by atoms with Crippen LogP contribution < -0.4 is 4.74 Å². The molecule has 2 aromatic heterocycles. The SMILES string of the molecule is CN(C)CCOc1ccc(-c2cnc(-c3cncnc3)o2)cc1. The smallest absolute Gasteiger partial charge is 0.229 e. The highest BCUT2D eigenvalue weighted by atomic mass is 16.5. The normalized spacial score (nSPS) is 10.9. The standard InChI is InChI=1S/C17H18N4O2/c1-21(2)7-8-22-15-5-3-13(4-6-15)16-11-20-17(23-16)14-9-18-12-19-10-14/h3-6,9-12H,7-8H2,1-2H3. The highest BCUT2D eigenvalue weighted by Crippen LogP contribution is 2.26. The summed E-state index contributed by atoms with van der Waals surface area (Å²) in [4.78, 5) is 14.3. The van der Waals surface area contributed by atoms with Gasteiger partial charge in [-0.3, -0.25) is 0 Å².